The van der Waals surface area contributed by atoms with Crippen LogP contribution in [0.3, 0.4) is 0 Å². The Morgan fingerprint density at radius 2 is 1.48 bits per heavy atom. The number of hydrogen-bond acceptors (Lipinski definition) is 3. The van der Waals surface area contributed by atoms with Crippen LogP contribution in [-0.4, -0.2) is 27.2 Å². The summed E-state index contributed by atoms with van der Waals surface area (Å²) < 4.78 is 1.82. The van der Waals surface area contributed by atoms with Gasteiger partial charge in [-0.1, -0.05) is 66.7 Å². The standard InChI is InChI=1S/C24H22N4O/c29-24(23(19-9-3-1-4-10-19)20-11-5-2-6-12-20)26-16-18-28-17-14-22(27-28)21-13-7-8-15-25-21/h1-15,17,23H,16,18H2,(H,26,29). The molecule has 0 atom stereocenters. The first-order valence-corrected chi connectivity index (χ1v) is 9.64. The largest absolute Gasteiger partial charge is 0.353 e. The van der Waals surface area contributed by atoms with E-state index in [0.717, 1.165) is 22.5 Å². The molecule has 1 N–H and O–H groups in total. The molecule has 2 aromatic carbocycles. The Labute approximate surface area is 170 Å². The number of benzene rings is 2. The fourth-order valence-electron chi connectivity index (χ4n) is 3.32. The second-order valence-electron chi connectivity index (χ2n) is 6.72. The first-order valence-electron chi connectivity index (χ1n) is 9.64. The zero-order valence-corrected chi connectivity index (χ0v) is 16.0. The summed E-state index contributed by atoms with van der Waals surface area (Å²) in [5, 5.41) is 7.60. The van der Waals surface area contributed by atoms with Crippen LogP contribution in [0.25, 0.3) is 11.4 Å². The summed E-state index contributed by atoms with van der Waals surface area (Å²) in [6.07, 6.45) is 3.66. The van der Waals surface area contributed by atoms with Gasteiger partial charge in [0.05, 0.1) is 18.2 Å². The minimum atomic E-state index is -0.334. The average molecular weight is 382 g/mol. The molecule has 4 rings (SSSR count). The normalized spacial score (nSPS) is 10.8. The number of carbonyl (C=O) groups is 1. The summed E-state index contributed by atoms with van der Waals surface area (Å²) in [7, 11) is 0. The topological polar surface area (TPSA) is 59.8 Å². The van der Waals surface area contributed by atoms with Gasteiger partial charge in [-0.05, 0) is 29.3 Å². The molecule has 1 amide bonds. The third-order valence-electron chi connectivity index (χ3n) is 4.74. The summed E-state index contributed by atoms with van der Waals surface area (Å²) in [5.74, 6) is -0.349. The Morgan fingerprint density at radius 1 is 0.828 bits per heavy atom. The van der Waals surface area contributed by atoms with Gasteiger partial charge >= 0.3 is 0 Å². The van der Waals surface area contributed by atoms with E-state index in [1.807, 2.05) is 95.8 Å². The zero-order chi connectivity index (χ0) is 19.9. The molecule has 0 bridgehead atoms. The Morgan fingerprint density at radius 3 is 2.10 bits per heavy atom. The Bertz CT molecular complexity index is 1010. The molecule has 29 heavy (non-hydrogen) atoms. The maximum Gasteiger partial charge on any atom is 0.232 e. The first kappa shape index (κ1) is 18.6. The SMILES string of the molecule is O=C(NCCn1ccc(-c2ccccn2)n1)C(c1ccccc1)c1ccccc1. The Kier molecular flexibility index (Phi) is 5.76. The van der Waals surface area contributed by atoms with Crippen LogP contribution in [0.5, 0.6) is 0 Å². The summed E-state index contributed by atoms with van der Waals surface area (Å²) in [4.78, 5) is 17.3. The average Bonchev–Trinajstić information content (AvgIpc) is 3.25. The van der Waals surface area contributed by atoms with E-state index in [1.165, 1.54) is 0 Å². The predicted molar refractivity (Wildman–Crippen MR) is 113 cm³/mol. The molecule has 2 heterocycles. The van der Waals surface area contributed by atoms with Crippen molar-refractivity contribution in [3.63, 3.8) is 0 Å². The summed E-state index contributed by atoms with van der Waals surface area (Å²) in [6.45, 7) is 1.09. The lowest BCUT2D eigenvalue weighted by Gasteiger charge is -2.18. The molecule has 144 valence electrons. The first-order chi connectivity index (χ1) is 14.3. The third kappa shape index (κ3) is 4.58. The lowest BCUT2D eigenvalue weighted by atomic mass is 9.90. The number of carbonyl (C=O) groups excluding carboxylic acids is 1. The number of nitrogens with zero attached hydrogens (tertiary/aromatic N) is 3. The maximum atomic E-state index is 13.0. The van der Waals surface area contributed by atoms with Gasteiger partial charge in [-0.2, -0.15) is 5.10 Å². The fraction of sp³-hybridized carbons (Fsp3) is 0.125. The molecule has 0 aliphatic carbocycles. The molecule has 5 heteroatoms. The molecule has 0 saturated heterocycles. The highest BCUT2D eigenvalue weighted by Gasteiger charge is 2.22. The van der Waals surface area contributed by atoms with Crippen LogP contribution in [0.1, 0.15) is 17.0 Å². The third-order valence-corrected chi connectivity index (χ3v) is 4.74. The van der Waals surface area contributed by atoms with Crippen molar-refractivity contribution in [3.05, 3.63) is 108 Å². The van der Waals surface area contributed by atoms with Gasteiger partial charge in [0, 0.05) is 18.9 Å². The van der Waals surface area contributed by atoms with Crippen LogP contribution in [0.2, 0.25) is 0 Å². The van der Waals surface area contributed by atoms with Crippen LogP contribution in [0.4, 0.5) is 0 Å². The van der Waals surface area contributed by atoms with E-state index in [0.29, 0.717) is 13.1 Å². The van der Waals surface area contributed by atoms with Gasteiger partial charge in [-0.15, -0.1) is 0 Å². The summed E-state index contributed by atoms with van der Waals surface area (Å²) in [5.41, 5.74) is 3.62. The van der Waals surface area contributed by atoms with Crippen molar-refractivity contribution in [2.75, 3.05) is 6.54 Å². The lowest BCUT2D eigenvalue weighted by Crippen LogP contribution is -2.32. The molecule has 0 aliphatic heterocycles. The van der Waals surface area contributed by atoms with Crippen LogP contribution in [0, 0.1) is 0 Å². The van der Waals surface area contributed by atoms with Gasteiger partial charge in [0.1, 0.15) is 5.69 Å². The van der Waals surface area contributed by atoms with Gasteiger partial charge in [0.15, 0.2) is 0 Å². The van der Waals surface area contributed by atoms with Crippen molar-refractivity contribution in [2.24, 2.45) is 0 Å². The number of rotatable bonds is 7. The molecule has 2 aromatic heterocycles. The van der Waals surface area contributed by atoms with E-state index >= 15 is 0 Å². The van der Waals surface area contributed by atoms with Crippen molar-refractivity contribution < 1.29 is 4.79 Å². The zero-order valence-electron chi connectivity index (χ0n) is 16.0. The Hall–Kier alpha value is -3.73. The number of aromatic nitrogens is 3. The van der Waals surface area contributed by atoms with Crippen LogP contribution < -0.4 is 5.32 Å². The van der Waals surface area contributed by atoms with Gasteiger partial charge in [-0.25, -0.2) is 0 Å². The van der Waals surface area contributed by atoms with Crippen LogP contribution >= 0.6 is 0 Å². The second-order valence-corrected chi connectivity index (χ2v) is 6.72. The highest BCUT2D eigenvalue weighted by atomic mass is 16.1. The quantitative estimate of drug-likeness (QED) is 0.527. The molecule has 0 radical (unpaired) electrons. The summed E-state index contributed by atoms with van der Waals surface area (Å²) >= 11 is 0. The molecule has 0 unspecified atom stereocenters. The van der Waals surface area contributed by atoms with Crippen molar-refractivity contribution >= 4 is 5.91 Å². The predicted octanol–water partition coefficient (Wildman–Crippen LogP) is 3.89. The number of amides is 1. The van der Waals surface area contributed by atoms with E-state index in [4.69, 9.17) is 0 Å². The molecule has 0 saturated carbocycles. The van der Waals surface area contributed by atoms with E-state index in [-0.39, 0.29) is 11.8 Å². The van der Waals surface area contributed by atoms with Crippen LogP contribution in [-0.2, 0) is 11.3 Å². The highest BCUT2D eigenvalue weighted by molar-refractivity contribution is 5.87. The second kappa shape index (κ2) is 8.97. The van der Waals surface area contributed by atoms with Crippen molar-refractivity contribution in [3.8, 4) is 11.4 Å². The van der Waals surface area contributed by atoms with E-state index < -0.39 is 0 Å². The van der Waals surface area contributed by atoms with Crippen molar-refractivity contribution in [2.45, 2.75) is 12.5 Å². The number of pyridine rings is 1. The van der Waals surface area contributed by atoms with Gasteiger partial charge < -0.3 is 5.32 Å². The molecule has 4 aromatic rings. The fourth-order valence-corrected chi connectivity index (χ4v) is 3.32. The number of hydrogen-bond donors (Lipinski definition) is 1. The highest BCUT2D eigenvalue weighted by Crippen LogP contribution is 2.24. The van der Waals surface area contributed by atoms with E-state index in [1.54, 1.807) is 6.20 Å². The smallest absolute Gasteiger partial charge is 0.232 e. The van der Waals surface area contributed by atoms with Crippen LogP contribution in [0.15, 0.2) is 97.3 Å². The summed E-state index contributed by atoms with van der Waals surface area (Å²) in [6, 6.07) is 27.4. The van der Waals surface area contributed by atoms with Crippen molar-refractivity contribution in [1.82, 2.24) is 20.1 Å². The van der Waals surface area contributed by atoms with Gasteiger partial charge in [0.25, 0.3) is 0 Å². The minimum absolute atomic E-state index is 0.0143. The molecular weight excluding hydrogens is 360 g/mol. The molecule has 0 fully saturated rings. The number of nitrogens with one attached hydrogen (secondary N) is 1. The Balaban J connectivity index is 1.42. The monoisotopic (exact) mass is 382 g/mol. The van der Waals surface area contributed by atoms with Gasteiger partial charge in [0.2, 0.25) is 5.91 Å². The molecular formula is C24H22N4O. The molecule has 5 nitrogen and oxygen atoms in total. The maximum absolute atomic E-state index is 13.0. The molecule has 0 spiro atoms. The van der Waals surface area contributed by atoms with E-state index in [9.17, 15) is 4.79 Å². The van der Waals surface area contributed by atoms with Crippen molar-refractivity contribution in [1.29, 1.82) is 0 Å². The van der Waals surface area contributed by atoms with E-state index in [2.05, 4.69) is 15.4 Å². The minimum Gasteiger partial charge on any atom is -0.353 e. The molecule has 0 aliphatic rings. The lowest BCUT2D eigenvalue weighted by molar-refractivity contribution is -0.121. The van der Waals surface area contributed by atoms with Gasteiger partial charge in [-0.3, -0.25) is 14.5 Å².